The van der Waals surface area contributed by atoms with E-state index >= 15 is 0 Å². The highest BCUT2D eigenvalue weighted by molar-refractivity contribution is 7.91. The first-order chi connectivity index (χ1) is 12.4. The maximum atomic E-state index is 13.8. The molecular weight excluding hydrogens is 359 g/mol. The summed E-state index contributed by atoms with van der Waals surface area (Å²) in [5, 5.41) is 2.81. The predicted molar refractivity (Wildman–Crippen MR) is 95.5 cm³/mol. The average Bonchev–Trinajstić information content (AvgIpc) is 2.97. The zero-order chi connectivity index (χ0) is 18.7. The standard InChI is InChI=1S/C17H19FN4O3S/c1-2-22(12-7-8-26(24,25)10-12)17(23)15-9-16(20-11-19-15)21-14-6-4-3-5-13(14)18/h3-6,9,11-12H,2,7-8,10H2,1H3,(H,19,20,21). The van der Waals surface area contributed by atoms with Gasteiger partial charge in [-0.15, -0.1) is 0 Å². The zero-order valence-electron chi connectivity index (χ0n) is 14.2. The van der Waals surface area contributed by atoms with E-state index < -0.39 is 15.7 Å². The molecule has 1 aromatic carbocycles. The zero-order valence-corrected chi connectivity index (χ0v) is 15.0. The molecule has 7 nitrogen and oxygen atoms in total. The van der Waals surface area contributed by atoms with Crippen LogP contribution >= 0.6 is 0 Å². The Balaban J connectivity index is 1.80. The van der Waals surface area contributed by atoms with Crippen LogP contribution in [0.3, 0.4) is 0 Å². The van der Waals surface area contributed by atoms with Crippen molar-refractivity contribution in [2.75, 3.05) is 23.4 Å². The number of rotatable bonds is 5. The summed E-state index contributed by atoms with van der Waals surface area (Å²) in [6.07, 6.45) is 1.64. The Hall–Kier alpha value is -2.55. The Morgan fingerprint density at radius 3 is 2.77 bits per heavy atom. The van der Waals surface area contributed by atoms with Crippen LogP contribution in [0.5, 0.6) is 0 Å². The van der Waals surface area contributed by atoms with Gasteiger partial charge in [0, 0.05) is 18.7 Å². The minimum absolute atomic E-state index is 0.0298. The van der Waals surface area contributed by atoms with Gasteiger partial charge in [-0.2, -0.15) is 0 Å². The van der Waals surface area contributed by atoms with Crippen molar-refractivity contribution in [3.05, 3.63) is 48.2 Å². The van der Waals surface area contributed by atoms with Crippen molar-refractivity contribution in [1.29, 1.82) is 0 Å². The molecule has 0 spiro atoms. The normalized spacial score (nSPS) is 18.5. The van der Waals surface area contributed by atoms with Gasteiger partial charge in [-0.1, -0.05) is 12.1 Å². The summed E-state index contributed by atoms with van der Waals surface area (Å²) in [7, 11) is -3.10. The Bertz CT molecular complexity index is 920. The van der Waals surface area contributed by atoms with Gasteiger partial charge in [-0.05, 0) is 25.5 Å². The highest BCUT2D eigenvalue weighted by Crippen LogP contribution is 2.21. The van der Waals surface area contributed by atoms with E-state index in [9.17, 15) is 17.6 Å². The SMILES string of the molecule is CCN(C(=O)c1cc(Nc2ccccc2F)ncn1)C1CCS(=O)(=O)C1. The molecule has 1 unspecified atom stereocenters. The highest BCUT2D eigenvalue weighted by atomic mass is 32.2. The van der Waals surface area contributed by atoms with Gasteiger partial charge in [0.15, 0.2) is 9.84 Å². The molecule has 1 aliphatic rings. The Morgan fingerprint density at radius 2 is 2.12 bits per heavy atom. The molecule has 1 fully saturated rings. The number of carbonyl (C=O) groups excluding carboxylic acids is 1. The van der Waals surface area contributed by atoms with Crippen LogP contribution in [-0.2, 0) is 9.84 Å². The second-order valence-electron chi connectivity index (χ2n) is 6.04. The quantitative estimate of drug-likeness (QED) is 0.856. The Labute approximate surface area is 151 Å². The van der Waals surface area contributed by atoms with Gasteiger partial charge in [-0.3, -0.25) is 4.79 Å². The van der Waals surface area contributed by atoms with E-state index in [1.807, 2.05) is 0 Å². The summed E-state index contributed by atoms with van der Waals surface area (Å²) in [4.78, 5) is 22.3. The van der Waals surface area contributed by atoms with Crippen molar-refractivity contribution in [2.45, 2.75) is 19.4 Å². The number of nitrogens with zero attached hydrogens (tertiary/aromatic N) is 3. The van der Waals surface area contributed by atoms with Gasteiger partial charge >= 0.3 is 0 Å². The number of amides is 1. The minimum Gasteiger partial charge on any atom is -0.338 e. The third-order valence-electron chi connectivity index (χ3n) is 4.27. The van der Waals surface area contributed by atoms with E-state index in [0.717, 1.165) is 0 Å². The molecule has 9 heteroatoms. The van der Waals surface area contributed by atoms with Crippen molar-refractivity contribution < 1.29 is 17.6 Å². The van der Waals surface area contributed by atoms with E-state index in [1.54, 1.807) is 25.1 Å². The molecule has 1 N–H and O–H groups in total. The molecule has 0 radical (unpaired) electrons. The van der Waals surface area contributed by atoms with Crippen LogP contribution < -0.4 is 5.32 Å². The minimum atomic E-state index is -3.10. The van der Waals surface area contributed by atoms with Gasteiger partial charge in [0.05, 0.1) is 17.2 Å². The molecule has 138 valence electrons. The van der Waals surface area contributed by atoms with Crippen molar-refractivity contribution >= 4 is 27.2 Å². The average molecular weight is 378 g/mol. The smallest absolute Gasteiger partial charge is 0.272 e. The lowest BCUT2D eigenvalue weighted by molar-refractivity contribution is 0.0702. The van der Waals surface area contributed by atoms with Crippen LogP contribution in [0.2, 0.25) is 0 Å². The van der Waals surface area contributed by atoms with E-state index in [4.69, 9.17) is 0 Å². The fourth-order valence-electron chi connectivity index (χ4n) is 2.98. The van der Waals surface area contributed by atoms with Gasteiger partial charge in [-0.25, -0.2) is 22.8 Å². The second kappa shape index (κ2) is 7.36. The Kier molecular flexibility index (Phi) is 5.17. The molecule has 2 aromatic rings. The molecule has 1 saturated heterocycles. The summed E-state index contributed by atoms with van der Waals surface area (Å²) in [5.74, 6) is -0.467. The number of halogens is 1. The fourth-order valence-corrected chi connectivity index (χ4v) is 4.71. The maximum absolute atomic E-state index is 13.8. The van der Waals surface area contributed by atoms with Gasteiger partial charge in [0.2, 0.25) is 0 Å². The van der Waals surface area contributed by atoms with E-state index in [1.165, 1.54) is 23.4 Å². The molecule has 1 atom stereocenters. The number of sulfone groups is 1. The number of hydrogen-bond acceptors (Lipinski definition) is 6. The lowest BCUT2D eigenvalue weighted by Gasteiger charge is -2.26. The number of aromatic nitrogens is 2. The van der Waals surface area contributed by atoms with E-state index in [-0.39, 0.29) is 40.7 Å². The van der Waals surface area contributed by atoms with Crippen LogP contribution in [0.4, 0.5) is 15.9 Å². The summed E-state index contributed by atoms with van der Waals surface area (Å²) in [5.41, 5.74) is 0.365. The van der Waals surface area contributed by atoms with Crippen molar-refractivity contribution in [1.82, 2.24) is 14.9 Å². The summed E-state index contributed by atoms with van der Waals surface area (Å²) in [6, 6.07) is 7.20. The van der Waals surface area contributed by atoms with Gasteiger partial charge in [0.25, 0.3) is 5.91 Å². The van der Waals surface area contributed by atoms with Crippen molar-refractivity contribution in [3.63, 3.8) is 0 Å². The summed E-state index contributed by atoms with van der Waals surface area (Å²) >= 11 is 0. The monoisotopic (exact) mass is 378 g/mol. The van der Waals surface area contributed by atoms with Gasteiger partial charge < -0.3 is 10.2 Å². The first-order valence-corrected chi connectivity index (χ1v) is 10.1. The lowest BCUT2D eigenvalue weighted by Crippen LogP contribution is -2.41. The first kappa shape index (κ1) is 18.2. The molecule has 1 aliphatic heterocycles. The van der Waals surface area contributed by atoms with Crippen LogP contribution in [0.25, 0.3) is 0 Å². The number of nitrogens with one attached hydrogen (secondary N) is 1. The van der Waals surface area contributed by atoms with Crippen LogP contribution in [0, 0.1) is 5.82 Å². The third kappa shape index (κ3) is 3.98. The largest absolute Gasteiger partial charge is 0.338 e. The first-order valence-electron chi connectivity index (χ1n) is 8.24. The molecule has 1 aromatic heterocycles. The molecule has 2 heterocycles. The van der Waals surface area contributed by atoms with Crippen LogP contribution in [0.1, 0.15) is 23.8 Å². The Morgan fingerprint density at radius 1 is 1.35 bits per heavy atom. The van der Waals surface area contributed by atoms with E-state index in [0.29, 0.717) is 13.0 Å². The van der Waals surface area contributed by atoms with Gasteiger partial charge in [0.1, 0.15) is 23.7 Å². The summed E-state index contributed by atoms with van der Waals surface area (Å²) < 4.78 is 37.2. The number of hydrogen-bond donors (Lipinski definition) is 1. The highest BCUT2D eigenvalue weighted by Gasteiger charge is 2.34. The molecule has 26 heavy (non-hydrogen) atoms. The van der Waals surface area contributed by atoms with E-state index in [2.05, 4.69) is 15.3 Å². The van der Waals surface area contributed by atoms with Crippen molar-refractivity contribution in [3.8, 4) is 0 Å². The second-order valence-corrected chi connectivity index (χ2v) is 8.27. The topological polar surface area (TPSA) is 92.3 Å². The number of benzene rings is 1. The maximum Gasteiger partial charge on any atom is 0.272 e. The molecular formula is C17H19FN4O3S. The molecule has 1 amide bonds. The fraction of sp³-hybridized carbons (Fsp3) is 0.353. The molecule has 3 rings (SSSR count). The number of carbonyl (C=O) groups is 1. The lowest BCUT2D eigenvalue weighted by atomic mass is 10.2. The summed E-state index contributed by atoms with van der Waals surface area (Å²) in [6.45, 7) is 2.17. The molecule has 0 aliphatic carbocycles. The molecule has 0 bridgehead atoms. The third-order valence-corrected chi connectivity index (χ3v) is 6.02. The number of para-hydroxylation sites is 1. The van der Waals surface area contributed by atoms with Crippen molar-refractivity contribution in [2.24, 2.45) is 0 Å². The molecule has 0 saturated carbocycles. The van der Waals surface area contributed by atoms with Crippen LogP contribution in [-0.4, -0.2) is 53.3 Å². The van der Waals surface area contributed by atoms with Crippen LogP contribution in [0.15, 0.2) is 36.7 Å². The predicted octanol–water partition coefficient (Wildman–Crippen LogP) is 2.01. The number of anilines is 2.